The first kappa shape index (κ1) is 12.7. The molecule has 0 aliphatic heterocycles. The molecule has 4 heteroatoms. The van der Waals surface area contributed by atoms with E-state index in [1.165, 1.54) is 0 Å². The Hall–Kier alpha value is -0.350. The lowest BCUT2D eigenvalue weighted by atomic mass is 10.1. The minimum absolute atomic E-state index is 0.244. The van der Waals surface area contributed by atoms with Gasteiger partial charge in [0.05, 0.1) is 12.2 Å². The minimum atomic E-state index is -0.244. The average molecular weight is 336 g/mol. The first-order valence-electron chi connectivity index (χ1n) is 4.66. The van der Waals surface area contributed by atoms with E-state index in [0.717, 1.165) is 17.3 Å². The molecule has 0 aliphatic carbocycles. The number of hydrogen-bond donors (Lipinski definition) is 0. The van der Waals surface area contributed by atoms with Gasteiger partial charge in [-0.05, 0) is 18.1 Å². The van der Waals surface area contributed by atoms with E-state index in [9.17, 15) is 4.79 Å². The van der Waals surface area contributed by atoms with E-state index in [1.54, 1.807) is 6.07 Å². The molecule has 0 N–H and O–H groups in total. The van der Waals surface area contributed by atoms with Gasteiger partial charge >= 0.3 is 5.97 Å². The number of benzene rings is 1. The SMILES string of the molecule is O=C(OCCCBr)c1ccccc1CBr. The highest BCUT2D eigenvalue weighted by Gasteiger charge is 2.10. The molecular formula is C11H12Br2O2. The molecule has 15 heavy (non-hydrogen) atoms. The first-order valence-corrected chi connectivity index (χ1v) is 6.91. The zero-order chi connectivity index (χ0) is 11.1. The Morgan fingerprint density at radius 2 is 2.00 bits per heavy atom. The number of carbonyl (C=O) groups excluding carboxylic acids is 1. The fourth-order valence-electron chi connectivity index (χ4n) is 1.13. The van der Waals surface area contributed by atoms with Crippen LogP contribution in [0.5, 0.6) is 0 Å². The van der Waals surface area contributed by atoms with Gasteiger partial charge in [-0.3, -0.25) is 0 Å². The molecule has 0 saturated carbocycles. The van der Waals surface area contributed by atoms with Gasteiger partial charge in [0.2, 0.25) is 0 Å². The number of carbonyl (C=O) groups is 1. The number of halogens is 2. The standard InChI is InChI=1S/C11H12Br2O2/c12-6-3-7-15-11(14)10-5-2-1-4-9(10)8-13/h1-2,4-5H,3,6-8H2. The van der Waals surface area contributed by atoms with Crippen LogP contribution in [0.4, 0.5) is 0 Å². The first-order chi connectivity index (χ1) is 7.29. The lowest BCUT2D eigenvalue weighted by Gasteiger charge is -2.06. The Balaban J connectivity index is 2.64. The molecule has 82 valence electrons. The lowest BCUT2D eigenvalue weighted by molar-refractivity contribution is 0.0505. The number of hydrogen-bond acceptors (Lipinski definition) is 2. The van der Waals surface area contributed by atoms with Crippen molar-refractivity contribution >= 4 is 37.8 Å². The predicted octanol–water partition coefficient (Wildman–Crippen LogP) is 3.52. The van der Waals surface area contributed by atoms with Crippen LogP contribution in [0.2, 0.25) is 0 Å². The summed E-state index contributed by atoms with van der Waals surface area (Å²) in [6.07, 6.45) is 0.836. The third-order valence-electron chi connectivity index (χ3n) is 1.89. The van der Waals surface area contributed by atoms with Crippen LogP contribution < -0.4 is 0 Å². The molecule has 0 atom stereocenters. The Morgan fingerprint density at radius 3 is 2.67 bits per heavy atom. The van der Waals surface area contributed by atoms with Gasteiger partial charge in [-0.25, -0.2) is 4.79 Å². The summed E-state index contributed by atoms with van der Waals surface area (Å²) in [5.74, 6) is -0.244. The van der Waals surface area contributed by atoms with E-state index in [-0.39, 0.29) is 5.97 Å². The Kier molecular flexibility index (Phi) is 5.95. The predicted molar refractivity (Wildman–Crippen MR) is 67.8 cm³/mol. The highest BCUT2D eigenvalue weighted by Crippen LogP contribution is 2.13. The van der Waals surface area contributed by atoms with Gasteiger partial charge in [-0.2, -0.15) is 0 Å². The van der Waals surface area contributed by atoms with Crippen molar-refractivity contribution in [2.45, 2.75) is 11.8 Å². The van der Waals surface area contributed by atoms with Crippen molar-refractivity contribution in [3.05, 3.63) is 35.4 Å². The number of esters is 1. The molecule has 0 bridgehead atoms. The molecule has 0 amide bonds. The van der Waals surface area contributed by atoms with Gasteiger partial charge in [0, 0.05) is 10.7 Å². The number of alkyl halides is 2. The van der Waals surface area contributed by atoms with Gasteiger partial charge in [0.1, 0.15) is 0 Å². The largest absolute Gasteiger partial charge is 0.462 e. The quantitative estimate of drug-likeness (QED) is 0.467. The normalized spacial score (nSPS) is 10.0. The van der Waals surface area contributed by atoms with E-state index >= 15 is 0 Å². The third kappa shape index (κ3) is 3.95. The molecule has 0 fully saturated rings. The van der Waals surface area contributed by atoms with E-state index in [0.29, 0.717) is 17.5 Å². The van der Waals surface area contributed by atoms with Crippen LogP contribution in [-0.2, 0) is 10.1 Å². The summed E-state index contributed by atoms with van der Waals surface area (Å²) in [4.78, 5) is 11.6. The lowest BCUT2D eigenvalue weighted by Crippen LogP contribution is -2.08. The summed E-state index contributed by atoms with van der Waals surface area (Å²) in [5, 5.41) is 1.51. The van der Waals surface area contributed by atoms with E-state index in [1.807, 2.05) is 18.2 Å². The minimum Gasteiger partial charge on any atom is -0.462 e. The second-order valence-electron chi connectivity index (χ2n) is 2.97. The van der Waals surface area contributed by atoms with Crippen LogP contribution in [0.3, 0.4) is 0 Å². The van der Waals surface area contributed by atoms with Gasteiger partial charge in [0.25, 0.3) is 0 Å². The maximum Gasteiger partial charge on any atom is 0.338 e. The van der Waals surface area contributed by atoms with Crippen LogP contribution in [0.1, 0.15) is 22.3 Å². The average Bonchev–Trinajstić information content (AvgIpc) is 2.29. The Bertz CT molecular complexity index is 326. The van der Waals surface area contributed by atoms with Gasteiger partial charge in [-0.1, -0.05) is 50.1 Å². The smallest absolute Gasteiger partial charge is 0.338 e. The Labute approximate surface area is 106 Å². The molecular weight excluding hydrogens is 324 g/mol. The summed E-state index contributed by atoms with van der Waals surface area (Å²) < 4.78 is 5.12. The monoisotopic (exact) mass is 334 g/mol. The summed E-state index contributed by atoms with van der Waals surface area (Å²) in [6, 6.07) is 7.45. The van der Waals surface area contributed by atoms with Crippen LogP contribution >= 0.6 is 31.9 Å². The molecule has 1 aromatic carbocycles. The third-order valence-corrected chi connectivity index (χ3v) is 3.06. The van der Waals surface area contributed by atoms with Crippen molar-refractivity contribution in [2.75, 3.05) is 11.9 Å². The summed E-state index contributed by atoms with van der Waals surface area (Å²) >= 11 is 6.63. The van der Waals surface area contributed by atoms with Crippen molar-refractivity contribution in [1.82, 2.24) is 0 Å². The number of ether oxygens (including phenoxy) is 1. The fourth-order valence-corrected chi connectivity index (χ4v) is 1.85. The molecule has 0 spiro atoms. The maximum absolute atomic E-state index is 11.6. The molecule has 0 saturated heterocycles. The van der Waals surface area contributed by atoms with Crippen LogP contribution in [0, 0.1) is 0 Å². The highest BCUT2D eigenvalue weighted by molar-refractivity contribution is 9.09. The van der Waals surface area contributed by atoms with Crippen LogP contribution in [0.25, 0.3) is 0 Å². The summed E-state index contributed by atoms with van der Waals surface area (Å²) in [6.45, 7) is 0.459. The summed E-state index contributed by atoms with van der Waals surface area (Å²) in [5.41, 5.74) is 1.60. The van der Waals surface area contributed by atoms with Crippen molar-refractivity contribution in [1.29, 1.82) is 0 Å². The maximum atomic E-state index is 11.6. The topological polar surface area (TPSA) is 26.3 Å². The van der Waals surface area contributed by atoms with Crippen LogP contribution in [-0.4, -0.2) is 17.9 Å². The van der Waals surface area contributed by atoms with Crippen molar-refractivity contribution in [2.24, 2.45) is 0 Å². The number of rotatable bonds is 5. The Morgan fingerprint density at radius 1 is 1.27 bits per heavy atom. The molecule has 0 unspecified atom stereocenters. The van der Waals surface area contributed by atoms with Gasteiger partial charge < -0.3 is 4.74 Å². The van der Waals surface area contributed by atoms with Gasteiger partial charge in [-0.15, -0.1) is 0 Å². The highest BCUT2D eigenvalue weighted by atomic mass is 79.9. The molecule has 0 radical (unpaired) electrons. The van der Waals surface area contributed by atoms with Gasteiger partial charge in [0.15, 0.2) is 0 Å². The van der Waals surface area contributed by atoms with E-state index in [4.69, 9.17) is 4.74 Å². The van der Waals surface area contributed by atoms with E-state index in [2.05, 4.69) is 31.9 Å². The molecule has 2 nitrogen and oxygen atoms in total. The second kappa shape index (κ2) is 7.01. The van der Waals surface area contributed by atoms with Crippen molar-refractivity contribution < 1.29 is 9.53 Å². The zero-order valence-electron chi connectivity index (χ0n) is 8.21. The molecule has 0 heterocycles. The zero-order valence-corrected chi connectivity index (χ0v) is 11.4. The molecule has 1 rings (SSSR count). The molecule has 0 aromatic heterocycles. The molecule has 1 aromatic rings. The van der Waals surface area contributed by atoms with Crippen molar-refractivity contribution in [3.63, 3.8) is 0 Å². The van der Waals surface area contributed by atoms with Crippen molar-refractivity contribution in [3.8, 4) is 0 Å². The fraction of sp³-hybridized carbons (Fsp3) is 0.364. The van der Waals surface area contributed by atoms with Crippen LogP contribution in [0.15, 0.2) is 24.3 Å². The summed E-state index contributed by atoms with van der Waals surface area (Å²) in [7, 11) is 0. The van der Waals surface area contributed by atoms with E-state index < -0.39 is 0 Å². The second-order valence-corrected chi connectivity index (χ2v) is 4.32. The molecule has 0 aliphatic rings.